The third-order valence-corrected chi connectivity index (χ3v) is 2.67. The van der Waals surface area contributed by atoms with Gasteiger partial charge < -0.3 is 0 Å². The van der Waals surface area contributed by atoms with Crippen LogP contribution >= 0.6 is 0 Å². The van der Waals surface area contributed by atoms with Gasteiger partial charge >= 0.3 is 0 Å². The van der Waals surface area contributed by atoms with Crippen LogP contribution in [0, 0.1) is 6.92 Å². The molecule has 0 N–H and O–H groups in total. The number of allylic oxidation sites excluding steroid dienone is 2. The van der Waals surface area contributed by atoms with Gasteiger partial charge in [-0.3, -0.25) is 4.79 Å². The molecule has 1 aliphatic rings. The topological polar surface area (TPSA) is 17.1 Å². The van der Waals surface area contributed by atoms with Gasteiger partial charge in [0, 0.05) is 12.8 Å². The van der Waals surface area contributed by atoms with E-state index in [9.17, 15) is 4.79 Å². The molecule has 0 heterocycles. The normalized spacial score (nSPS) is 16.6. The van der Waals surface area contributed by atoms with E-state index in [1.807, 2.05) is 0 Å². The average molecular weight is 186 g/mol. The second kappa shape index (κ2) is 3.79. The molecule has 0 fully saturated rings. The van der Waals surface area contributed by atoms with Crippen molar-refractivity contribution in [1.82, 2.24) is 0 Å². The van der Waals surface area contributed by atoms with Gasteiger partial charge in [-0.1, -0.05) is 35.9 Å². The summed E-state index contributed by atoms with van der Waals surface area (Å²) in [5.41, 5.74) is 3.87. The van der Waals surface area contributed by atoms with Crippen LogP contribution in [0.5, 0.6) is 0 Å². The highest BCUT2D eigenvalue weighted by atomic mass is 16.1. The maximum absolute atomic E-state index is 11.0. The lowest BCUT2D eigenvalue weighted by Crippen LogP contribution is -2.02. The lowest BCUT2D eigenvalue weighted by Gasteiger charge is -2.12. The number of hydrogen-bond acceptors (Lipinski definition) is 1. The fraction of sp³-hybridized carbons (Fsp3) is 0.308. The summed E-state index contributed by atoms with van der Waals surface area (Å²) in [6, 6.07) is 8.51. The Bertz CT molecular complexity index is 371. The highest BCUT2D eigenvalue weighted by Crippen LogP contribution is 2.25. The maximum atomic E-state index is 11.0. The third-order valence-electron chi connectivity index (χ3n) is 2.67. The van der Waals surface area contributed by atoms with E-state index in [4.69, 9.17) is 0 Å². The number of carbonyl (C=O) groups excluding carboxylic acids is 1. The van der Waals surface area contributed by atoms with Crippen LogP contribution in [-0.2, 0) is 4.79 Å². The summed E-state index contributed by atoms with van der Waals surface area (Å²) in [6.07, 6.45) is 4.29. The van der Waals surface area contributed by atoms with E-state index in [0.717, 1.165) is 6.42 Å². The third kappa shape index (κ3) is 1.92. The number of aryl methyl sites for hydroxylation is 1. The number of Topliss-reactive ketones (excluding diaryl/α,β-unsaturated/α-hetero) is 1. The molecule has 1 nitrogen and oxygen atoms in total. The summed E-state index contributed by atoms with van der Waals surface area (Å²) in [4.78, 5) is 11.0. The van der Waals surface area contributed by atoms with Crippen molar-refractivity contribution in [2.45, 2.75) is 26.2 Å². The van der Waals surface area contributed by atoms with Gasteiger partial charge in [0.1, 0.15) is 5.78 Å². The second-order valence-corrected chi connectivity index (χ2v) is 3.84. The molecule has 0 atom stereocenters. The van der Waals surface area contributed by atoms with Crippen LogP contribution in [0.15, 0.2) is 30.3 Å². The zero-order valence-electron chi connectivity index (χ0n) is 8.42. The van der Waals surface area contributed by atoms with Gasteiger partial charge in [-0.25, -0.2) is 0 Å². The predicted octanol–water partition coefficient (Wildman–Crippen LogP) is 3.13. The highest BCUT2D eigenvalue weighted by molar-refractivity contribution is 5.86. The first-order chi connectivity index (χ1) is 6.75. The van der Waals surface area contributed by atoms with Gasteiger partial charge in [0.15, 0.2) is 0 Å². The molecule has 1 heteroatoms. The maximum Gasteiger partial charge on any atom is 0.137 e. The Kier molecular flexibility index (Phi) is 2.49. The molecule has 0 amide bonds. The van der Waals surface area contributed by atoms with Crippen LogP contribution in [0.1, 0.15) is 30.4 Å². The van der Waals surface area contributed by atoms with Crippen LogP contribution < -0.4 is 0 Å². The number of ketones is 1. The molecule has 2 rings (SSSR count). The largest absolute Gasteiger partial charge is 0.299 e. The van der Waals surface area contributed by atoms with Crippen LogP contribution in [0.2, 0.25) is 0 Å². The number of benzene rings is 1. The molecule has 0 radical (unpaired) electrons. The number of rotatable bonds is 1. The van der Waals surface area contributed by atoms with E-state index in [-0.39, 0.29) is 0 Å². The Hall–Kier alpha value is -1.37. The molecular weight excluding hydrogens is 172 g/mol. The standard InChI is InChI=1S/C13H14O/c1-10-2-4-11(5-3-10)12-6-8-13(14)9-7-12/h2-6H,7-9H2,1H3. The van der Waals surface area contributed by atoms with Crippen molar-refractivity contribution in [2.75, 3.05) is 0 Å². The lowest BCUT2D eigenvalue weighted by molar-refractivity contribution is -0.118. The van der Waals surface area contributed by atoms with Gasteiger partial charge in [0.05, 0.1) is 0 Å². The first-order valence-electron chi connectivity index (χ1n) is 5.03. The van der Waals surface area contributed by atoms with E-state index in [0.29, 0.717) is 18.6 Å². The van der Waals surface area contributed by atoms with Crippen molar-refractivity contribution < 1.29 is 4.79 Å². The van der Waals surface area contributed by atoms with Gasteiger partial charge in [0.25, 0.3) is 0 Å². The SMILES string of the molecule is Cc1ccc(C2=CCC(=O)CC2)cc1. The van der Waals surface area contributed by atoms with Crippen molar-refractivity contribution in [3.63, 3.8) is 0 Å². The first kappa shape index (κ1) is 9.20. The molecular formula is C13H14O. The molecule has 0 saturated heterocycles. The van der Waals surface area contributed by atoms with Gasteiger partial charge in [-0.05, 0) is 24.5 Å². The molecule has 1 aliphatic carbocycles. The Labute approximate surface area is 84.5 Å². The summed E-state index contributed by atoms with van der Waals surface area (Å²) in [7, 11) is 0. The Morgan fingerprint density at radius 2 is 1.79 bits per heavy atom. The highest BCUT2D eigenvalue weighted by Gasteiger charge is 2.10. The fourth-order valence-corrected chi connectivity index (χ4v) is 1.75. The summed E-state index contributed by atoms with van der Waals surface area (Å²) >= 11 is 0. The first-order valence-corrected chi connectivity index (χ1v) is 5.03. The zero-order valence-corrected chi connectivity index (χ0v) is 8.42. The molecule has 0 aliphatic heterocycles. The Morgan fingerprint density at radius 3 is 2.36 bits per heavy atom. The summed E-state index contributed by atoms with van der Waals surface area (Å²) in [6.45, 7) is 2.09. The minimum absolute atomic E-state index is 0.362. The minimum atomic E-state index is 0.362. The molecule has 0 bridgehead atoms. The van der Waals surface area contributed by atoms with Crippen molar-refractivity contribution in [3.05, 3.63) is 41.5 Å². The summed E-state index contributed by atoms with van der Waals surface area (Å²) in [5.74, 6) is 0.362. The Balaban J connectivity index is 2.23. The average Bonchev–Trinajstić information content (AvgIpc) is 2.21. The van der Waals surface area contributed by atoms with E-state index < -0.39 is 0 Å². The molecule has 1 aromatic carbocycles. The van der Waals surface area contributed by atoms with Crippen molar-refractivity contribution >= 4 is 11.4 Å². The summed E-state index contributed by atoms with van der Waals surface area (Å²) < 4.78 is 0. The smallest absolute Gasteiger partial charge is 0.137 e. The molecule has 0 aromatic heterocycles. The molecule has 14 heavy (non-hydrogen) atoms. The van der Waals surface area contributed by atoms with E-state index in [1.165, 1.54) is 16.7 Å². The van der Waals surface area contributed by atoms with E-state index in [1.54, 1.807) is 0 Å². The monoisotopic (exact) mass is 186 g/mol. The molecule has 0 unspecified atom stereocenters. The molecule has 72 valence electrons. The molecule has 0 spiro atoms. The predicted molar refractivity (Wildman–Crippen MR) is 58.0 cm³/mol. The van der Waals surface area contributed by atoms with Gasteiger partial charge in [-0.15, -0.1) is 0 Å². The Morgan fingerprint density at radius 1 is 1.07 bits per heavy atom. The van der Waals surface area contributed by atoms with Crippen LogP contribution in [-0.4, -0.2) is 5.78 Å². The number of carbonyl (C=O) groups is 1. The summed E-state index contributed by atoms with van der Waals surface area (Å²) in [5, 5.41) is 0. The van der Waals surface area contributed by atoms with E-state index >= 15 is 0 Å². The van der Waals surface area contributed by atoms with Crippen LogP contribution in [0.3, 0.4) is 0 Å². The fourth-order valence-electron chi connectivity index (χ4n) is 1.75. The lowest BCUT2D eigenvalue weighted by atomic mass is 9.93. The van der Waals surface area contributed by atoms with Crippen LogP contribution in [0.4, 0.5) is 0 Å². The van der Waals surface area contributed by atoms with Crippen molar-refractivity contribution in [1.29, 1.82) is 0 Å². The van der Waals surface area contributed by atoms with E-state index in [2.05, 4.69) is 37.3 Å². The van der Waals surface area contributed by atoms with Crippen molar-refractivity contribution in [3.8, 4) is 0 Å². The van der Waals surface area contributed by atoms with Crippen LogP contribution in [0.25, 0.3) is 5.57 Å². The van der Waals surface area contributed by atoms with Gasteiger partial charge in [-0.2, -0.15) is 0 Å². The minimum Gasteiger partial charge on any atom is -0.299 e. The van der Waals surface area contributed by atoms with Crippen molar-refractivity contribution in [2.24, 2.45) is 0 Å². The quantitative estimate of drug-likeness (QED) is 0.658. The molecule has 0 saturated carbocycles. The molecule has 1 aromatic rings. The number of hydrogen-bond donors (Lipinski definition) is 0. The zero-order chi connectivity index (χ0) is 9.97. The van der Waals surface area contributed by atoms with Gasteiger partial charge in [0.2, 0.25) is 0 Å². The second-order valence-electron chi connectivity index (χ2n) is 3.84.